The van der Waals surface area contributed by atoms with E-state index in [4.69, 9.17) is 0 Å². The predicted octanol–water partition coefficient (Wildman–Crippen LogP) is 3.45. The number of phenolic OH excluding ortho intramolecular Hbond substituents is 2. The van der Waals surface area contributed by atoms with Crippen molar-refractivity contribution in [2.24, 2.45) is 5.92 Å². The molecule has 0 radical (unpaired) electrons. The van der Waals surface area contributed by atoms with Crippen LogP contribution in [0.5, 0.6) is 11.5 Å². The quantitative estimate of drug-likeness (QED) is 0.755. The molecule has 0 heterocycles. The molecule has 0 bridgehead atoms. The van der Waals surface area contributed by atoms with Crippen LogP contribution in [0.4, 0.5) is 0 Å². The van der Waals surface area contributed by atoms with Crippen molar-refractivity contribution >= 4 is 10.8 Å². The van der Waals surface area contributed by atoms with Gasteiger partial charge in [0.15, 0.2) is 0 Å². The summed E-state index contributed by atoms with van der Waals surface area (Å²) in [6, 6.07) is 9.01. The van der Waals surface area contributed by atoms with Crippen molar-refractivity contribution < 1.29 is 10.2 Å². The van der Waals surface area contributed by atoms with E-state index in [0.29, 0.717) is 17.1 Å². The average molecular weight is 216 g/mol. The maximum atomic E-state index is 10.1. The molecule has 2 nitrogen and oxygen atoms in total. The van der Waals surface area contributed by atoms with E-state index in [1.54, 1.807) is 6.07 Å². The summed E-state index contributed by atoms with van der Waals surface area (Å²) in [6.07, 6.45) is 0.768. The highest BCUT2D eigenvalue weighted by Gasteiger charge is 2.11. The van der Waals surface area contributed by atoms with Gasteiger partial charge in [-0.05, 0) is 24.0 Å². The zero-order valence-corrected chi connectivity index (χ0v) is 9.57. The van der Waals surface area contributed by atoms with Crippen molar-refractivity contribution in [1.82, 2.24) is 0 Å². The van der Waals surface area contributed by atoms with Crippen LogP contribution >= 0.6 is 0 Å². The van der Waals surface area contributed by atoms with E-state index in [1.807, 2.05) is 24.3 Å². The normalized spacial score (nSPS) is 11.2. The van der Waals surface area contributed by atoms with Gasteiger partial charge in [-0.3, -0.25) is 0 Å². The van der Waals surface area contributed by atoms with Gasteiger partial charge in [0.2, 0.25) is 0 Å². The topological polar surface area (TPSA) is 40.5 Å². The first-order chi connectivity index (χ1) is 7.59. The highest BCUT2D eigenvalue weighted by molar-refractivity contribution is 5.93. The summed E-state index contributed by atoms with van der Waals surface area (Å²) in [4.78, 5) is 0. The van der Waals surface area contributed by atoms with E-state index in [9.17, 15) is 10.2 Å². The van der Waals surface area contributed by atoms with Crippen molar-refractivity contribution in [3.8, 4) is 11.5 Å². The van der Waals surface area contributed by atoms with Crippen LogP contribution in [0.15, 0.2) is 30.3 Å². The second kappa shape index (κ2) is 4.05. The molecule has 0 aliphatic rings. The number of hydrogen-bond donors (Lipinski definition) is 2. The fraction of sp³-hybridized carbons (Fsp3) is 0.286. The Morgan fingerprint density at radius 3 is 2.31 bits per heavy atom. The Morgan fingerprint density at radius 1 is 1.06 bits per heavy atom. The average Bonchev–Trinajstić information content (AvgIpc) is 2.25. The standard InChI is InChI=1S/C14H16O2/c1-9(2)7-10-8-13(15)11-5-3-4-6-12(11)14(10)16/h3-6,8-9,15-16H,7H2,1-2H3. The monoisotopic (exact) mass is 216 g/mol. The summed E-state index contributed by atoms with van der Waals surface area (Å²) < 4.78 is 0. The third-order valence-corrected chi connectivity index (χ3v) is 2.70. The largest absolute Gasteiger partial charge is 0.507 e. The molecule has 0 aliphatic carbocycles. The predicted molar refractivity (Wildman–Crippen MR) is 65.8 cm³/mol. The number of aromatic hydroxyl groups is 2. The van der Waals surface area contributed by atoms with Gasteiger partial charge in [-0.1, -0.05) is 38.1 Å². The summed E-state index contributed by atoms with van der Waals surface area (Å²) in [5.41, 5.74) is 0.811. The molecule has 84 valence electrons. The molecule has 0 atom stereocenters. The van der Waals surface area contributed by atoms with Crippen LogP contribution in [0.25, 0.3) is 10.8 Å². The molecule has 0 aromatic heterocycles. The molecule has 0 spiro atoms. The lowest BCUT2D eigenvalue weighted by molar-refractivity contribution is 0.458. The molecule has 0 aliphatic heterocycles. The van der Waals surface area contributed by atoms with E-state index in [-0.39, 0.29) is 5.75 Å². The maximum absolute atomic E-state index is 10.1. The molecule has 2 aromatic rings. The minimum atomic E-state index is 0.240. The molecule has 0 saturated heterocycles. The Balaban J connectivity index is 2.65. The minimum Gasteiger partial charge on any atom is -0.507 e. The fourth-order valence-corrected chi connectivity index (χ4v) is 1.99. The lowest BCUT2D eigenvalue weighted by atomic mass is 9.97. The van der Waals surface area contributed by atoms with Crippen LogP contribution in [0.2, 0.25) is 0 Å². The minimum absolute atomic E-state index is 0.240. The Labute approximate surface area is 95.2 Å². The van der Waals surface area contributed by atoms with Gasteiger partial charge in [0, 0.05) is 10.8 Å². The van der Waals surface area contributed by atoms with Crippen LogP contribution in [-0.2, 0) is 6.42 Å². The first-order valence-corrected chi connectivity index (χ1v) is 5.52. The number of rotatable bonds is 2. The van der Waals surface area contributed by atoms with Gasteiger partial charge in [-0.15, -0.1) is 0 Å². The van der Waals surface area contributed by atoms with Gasteiger partial charge < -0.3 is 10.2 Å². The van der Waals surface area contributed by atoms with Gasteiger partial charge in [0.25, 0.3) is 0 Å². The van der Waals surface area contributed by atoms with E-state index in [2.05, 4.69) is 13.8 Å². The zero-order valence-electron chi connectivity index (χ0n) is 9.57. The molecular weight excluding hydrogens is 200 g/mol. The second-order valence-corrected chi connectivity index (χ2v) is 4.55. The molecule has 16 heavy (non-hydrogen) atoms. The molecule has 0 saturated carbocycles. The molecule has 2 heteroatoms. The number of fused-ring (bicyclic) bond motifs is 1. The third kappa shape index (κ3) is 1.83. The summed E-state index contributed by atoms with van der Waals surface area (Å²) in [6.45, 7) is 4.18. The number of phenols is 2. The lowest BCUT2D eigenvalue weighted by Crippen LogP contribution is -1.95. The SMILES string of the molecule is CC(C)Cc1cc(O)c2ccccc2c1O. The number of hydrogen-bond acceptors (Lipinski definition) is 2. The van der Waals surface area contributed by atoms with Crippen molar-refractivity contribution in [3.63, 3.8) is 0 Å². The summed E-state index contributed by atoms with van der Waals surface area (Å²) in [5, 5.41) is 21.4. The van der Waals surface area contributed by atoms with E-state index in [0.717, 1.165) is 17.4 Å². The Morgan fingerprint density at radius 2 is 1.69 bits per heavy atom. The molecular formula is C14H16O2. The van der Waals surface area contributed by atoms with Gasteiger partial charge in [0.1, 0.15) is 11.5 Å². The van der Waals surface area contributed by atoms with Crippen LogP contribution in [0.3, 0.4) is 0 Å². The van der Waals surface area contributed by atoms with Crippen molar-refractivity contribution in [2.45, 2.75) is 20.3 Å². The van der Waals surface area contributed by atoms with E-state index < -0.39 is 0 Å². The molecule has 0 fully saturated rings. The highest BCUT2D eigenvalue weighted by atomic mass is 16.3. The van der Waals surface area contributed by atoms with Gasteiger partial charge in [-0.25, -0.2) is 0 Å². The summed E-state index contributed by atoms with van der Waals surface area (Å²) in [7, 11) is 0. The summed E-state index contributed by atoms with van der Waals surface area (Å²) >= 11 is 0. The van der Waals surface area contributed by atoms with Gasteiger partial charge >= 0.3 is 0 Å². The van der Waals surface area contributed by atoms with E-state index in [1.165, 1.54) is 0 Å². The Kier molecular flexibility index (Phi) is 2.73. The molecule has 0 unspecified atom stereocenters. The van der Waals surface area contributed by atoms with Crippen molar-refractivity contribution in [3.05, 3.63) is 35.9 Å². The molecule has 2 N–H and O–H groups in total. The summed E-state index contributed by atoms with van der Waals surface area (Å²) in [5.74, 6) is 0.984. The zero-order chi connectivity index (χ0) is 11.7. The first kappa shape index (κ1) is 10.8. The number of benzene rings is 2. The molecule has 0 amide bonds. The van der Waals surface area contributed by atoms with Crippen molar-refractivity contribution in [2.75, 3.05) is 0 Å². The van der Waals surface area contributed by atoms with E-state index >= 15 is 0 Å². The van der Waals surface area contributed by atoms with Crippen LogP contribution in [0.1, 0.15) is 19.4 Å². The Hall–Kier alpha value is -1.70. The smallest absolute Gasteiger partial charge is 0.126 e. The van der Waals surface area contributed by atoms with Crippen LogP contribution in [0, 0.1) is 5.92 Å². The molecule has 2 aromatic carbocycles. The van der Waals surface area contributed by atoms with Gasteiger partial charge in [0.05, 0.1) is 0 Å². The van der Waals surface area contributed by atoms with Crippen LogP contribution < -0.4 is 0 Å². The second-order valence-electron chi connectivity index (χ2n) is 4.55. The highest BCUT2D eigenvalue weighted by Crippen LogP contribution is 2.36. The lowest BCUT2D eigenvalue weighted by Gasteiger charge is -2.11. The maximum Gasteiger partial charge on any atom is 0.126 e. The van der Waals surface area contributed by atoms with Gasteiger partial charge in [-0.2, -0.15) is 0 Å². The van der Waals surface area contributed by atoms with Crippen molar-refractivity contribution in [1.29, 1.82) is 0 Å². The fourth-order valence-electron chi connectivity index (χ4n) is 1.99. The first-order valence-electron chi connectivity index (χ1n) is 5.52. The van der Waals surface area contributed by atoms with Crippen LogP contribution in [-0.4, -0.2) is 10.2 Å². The molecule has 2 rings (SSSR count). The Bertz CT molecular complexity index is 515. The third-order valence-electron chi connectivity index (χ3n) is 2.70.